The summed E-state index contributed by atoms with van der Waals surface area (Å²) in [6.45, 7) is 19.6. The standard InChI is InChI=1S/C74H111N9O14/c1-17-49(6)55(67(90)77(13)50(7)66(89)82-40-36-57(82)69(92)81(18-2)60(42-52-34-32-48(5)33-35-52)68(91)76(12)45-63(87)97-73(9,10)11)43-61(85)59(41-47(3)4)78(14)62(86)44-58(51(8)84)79(15)70(93)64(54-29-22-23-30-54)80(16)71(94)74(37-24-25-38-74)75-65(88)56-31-26-39-83(56)72(95)96-46-53-27-20-19-21-28-53/h19-21,27-28,32-35,47,49-50,54-60,64H,17-18,22-26,29-31,36-46H2,1-16H3,(H,75,88)/t49-,50-,55-,56-,57-,58-,59-,60-,64-/m0/s1. The molecule has 0 bridgehead atoms. The number of likely N-dealkylation sites (N-methyl/N-ethyl adjacent to an activating group) is 6. The van der Waals surface area contributed by atoms with Gasteiger partial charge in [0.05, 0.1) is 18.5 Å². The van der Waals surface area contributed by atoms with Crippen LogP contribution in [0.2, 0.25) is 0 Å². The molecule has 2 aromatic carbocycles. The molecule has 0 radical (unpaired) electrons. The second-order valence-corrected chi connectivity index (χ2v) is 29.2. The predicted molar refractivity (Wildman–Crippen MR) is 367 cm³/mol. The number of carbonyl (C=O) groups excluding carboxylic acids is 12. The number of nitrogens with zero attached hydrogens (tertiary/aromatic N) is 8. The largest absolute Gasteiger partial charge is 0.459 e. The Morgan fingerprint density at radius 3 is 1.85 bits per heavy atom. The minimum Gasteiger partial charge on any atom is -0.459 e. The van der Waals surface area contributed by atoms with Crippen LogP contribution in [0.4, 0.5) is 4.79 Å². The lowest BCUT2D eigenvalue weighted by molar-refractivity contribution is -0.162. The van der Waals surface area contributed by atoms with Crippen LogP contribution in [-0.2, 0) is 75.2 Å². The summed E-state index contributed by atoms with van der Waals surface area (Å²) < 4.78 is 11.1. The lowest BCUT2D eigenvalue weighted by atomic mass is 9.83. The normalized spacial score (nSPS) is 19.0. The second kappa shape index (κ2) is 34.7. The first-order valence-electron chi connectivity index (χ1n) is 35.2. The van der Waals surface area contributed by atoms with E-state index >= 15 is 9.59 Å². The smallest absolute Gasteiger partial charge is 0.410 e. The molecule has 2 heterocycles. The van der Waals surface area contributed by atoms with Gasteiger partial charge >= 0.3 is 12.1 Å². The minimum atomic E-state index is -1.37. The number of rotatable bonds is 31. The molecule has 4 aliphatic rings. The van der Waals surface area contributed by atoms with Crippen LogP contribution >= 0.6 is 0 Å². The van der Waals surface area contributed by atoms with Crippen LogP contribution in [-0.4, -0.2) is 225 Å². The Labute approximate surface area is 575 Å². The van der Waals surface area contributed by atoms with Crippen molar-refractivity contribution in [2.24, 2.45) is 23.7 Å². The molecule has 2 saturated heterocycles. The first-order chi connectivity index (χ1) is 45.7. The van der Waals surface area contributed by atoms with Gasteiger partial charge in [0.15, 0.2) is 11.6 Å². The topological polar surface area (TPSA) is 261 Å². The van der Waals surface area contributed by atoms with E-state index in [1.165, 1.54) is 74.3 Å². The molecule has 6 rings (SSSR count). The highest BCUT2D eigenvalue weighted by Crippen LogP contribution is 2.38. The monoisotopic (exact) mass is 1350 g/mol. The van der Waals surface area contributed by atoms with Gasteiger partial charge in [-0.25, -0.2) is 4.79 Å². The molecular weight excluding hydrogens is 1240 g/mol. The molecule has 4 fully saturated rings. The van der Waals surface area contributed by atoms with Crippen molar-refractivity contribution in [1.29, 1.82) is 0 Å². The van der Waals surface area contributed by atoms with Gasteiger partial charge in [-0.1, -0.05) is 120 Å². The number of hydrogen-bond acceptors (Lipinski definition) is 14. The van der Waals surface area contributed by atoms with Gasteiger partial charge in [-0.2, -0.15) is 0 Å². The van der Waals surface area contributed by atoms with Crippen LogP contribution in [0.25, 0.3) is 0 Å². The van der Waals surface area contributed by atoms with E-state index in [-0.39, 0.29) is 63.3 Å². The van der Waals surface area contributed by atoms with E-state index in [0.29, 0.717) is 70.8 Å². The van der Waals surface area contributed by atoms with Crippen molar-refractivity contribution in [3.63, 3.8) is 0 Å². The van der Waals surface area contributed by atoms with Crippen molar-refractivity contribution in [3.8, 4) is 0 Å². The molecule has 2 aliphatic carbocycles. The Bertz CT molecular complexity index is 3120. The Hall–Kier alpha value is -7.72. The van der Waals surface area contributed by atoms with E-state index in [1.807, 2.05) is 89.2 Å². The number of ketones is 2. The molecule has 0 unspecified atom stereocenters. The minimum absolute atomic E-state index is 0.0329. The molecular formula is C74H111N9O14. The zero-order valence-corrected chi connectivity index (χ0v) is 60.7. The molecule has 0 aromatic heterocycles. The summed E-state index contributed by atoms with van der Waals surface area (Å²) in [5, 5.41) is 3.08. The number of likely N-dealkylation sites (tertiary alicyclic amines) is 2. The molecule has 2 aliphatic heterocycles. The van der Waals surface area contributed by atoms with Crippen molar-refractivity contribution < 1.29 is 67.0 Å². The SMILES string of the molecule is CC[C@H](C)[C@H](CC(=O)[C@H](CC(C)C)N(C)C(=O)C[C@@H](C(C)=O)N(C)C(=O)[C@H](C1CCCC1)N(C)C(=O)C1(NC(=O)[C@@H]2CCCN2C(=O)OCc2ccccc2)CCCC1)C(=O)N(C)[C@@H](C)C(=O)N1CC[C@H]1C(=O)N(CC)[C@@H](Cc1ccc(C)cc1)C(=O)N(C)CC(=O)OC(C)(C)C. The molecule has 1 N–H and O–H groups in total. The van der Waals surface area contributed by atoms with Gasteiger partial charge in [0.25, 0.3) is 0 Å². The summed E-state index contributed by atoms with van der Waals surface area (Å²) in [6.07, 6.45) is 5.43. The van der Waals surface area contributed by atoms with Crippen LogP contribution in [0.5, 0.6) is 0 Å². The van der Waals surface area contributed by atoms with Crippen LogP contribution in [0.15, 0.2) is 54.6 Å². The summed E-state index contributed by atoms with van der Waals surface area (Å²) in [6, 6.07) is 9.46. The van der Waals surface area contributed by atoms with E-state index in [9.17, 15) is 47.9 Å². The summed E-state index contributed by atoms with van der Waals surface area (Å²) in [4.78, 5) is 184. The van der Waals surface area contributed by atoms with Crippen LogP contribution < -0.4 is 5.32 Å². The highest BCUT2D eigenvalue weighted by atomic mass is 16.6. The summed E-state index contributed by atoms with van der Waals surface area (Å²) in [5.74, 6) is -7.20. The first-order valence-corrected chi connectivity index (χ1v) is 35.2. The fourth-order valence-corrected chi connectivity index (χ4v) is 14.4. The van der Waals surface area contributed by atoms with E-state index < -0.39 is 137 Å². The van der Waals surface area contributed by atoms with Gasteiger partial charge in [-0.3, -0.25) is 57.6 Å². The predicted octanol–water partition coefficient (Wildman–Crippen LogP) is 7.55. The maximum absolute atomic E-state index is 15.2. The summed E-state index contributed by atoms with van der Waals surface area (Å²) >= 11 is 0. The van der Waals surface area contributed by atoms with Crippen molar-refractivity contribution in [2.45, 2.75) is 239 Å². The third kappa shape index (κ3) is 19.8. The number of esters is 1. The van der Waals surface area contributed by atoms with Gasteiger partial charge in [0, 0.05) is 73.6 Å². The maximum atomic E-state index is 15.2. The Kier molecular flexibility index (Phi) is 28.0. The molecule has 9 amide bonds. The third-order valence-corrected chi connectivity index (χ3v) is 20.6. The zero-order chi connectivity index (χ0) is 72.0. The lowest BCUT2D eigenvalue weighted by Gasteiger charge is -2.45. The molecule has 2 saturated carbocycles. The van der Waals surface area contributed by atoms with Crippen LogP contribution in [0.1, 0.15) is 182 Å². The average molecular weight is 1350 g/mol. The fourth-order valence-electron chi connectivity index (χ4n) is 14.4. The number of ether oxygens (including phenoxy) is 2. The zero-order valence-electron chi connectivity index (χ0n) is 60.7. The van der Waals surface area contributed by atoms with Gasteiger partial charge < -0.3 is 49.1 Å². The van der Waals surface area contributed by atoms with Crippen molar-refractivity contribution >= 4 is 70.9 Å². The number of benzene rings is 2. The van der Waals surface area contributed by atoms with Gasteiger partial charge in [0.1, 0.15) is 54.5 Å². The number of aryl methyl sites for hydroxylation is 1. The van der Waals surface area contributed by atoms with E-state index in [2.05, 4.69) is 5.32 Å². The Morgan fingerprint density at radius 1 is 0.660 bits per heavy atom. The van der Waals surface area contributed by atoms with E-state index in [1.54, 1.807) is 41.7 Å². The summed E-state index contributed by atoms with van der Waals surface area (Å²) in [5.41, 5.74) is 0.434. The van der Waals surface area contributed by atoms with E-state index in [4.69, 9.17) is 9.47 Å². The van der Waals surface area contributed by atoms with Gasteiger partial charge in [0.2, 0.25) is 47.3 Å². The van der Waals surface area contributed by atoms with E-state index in [0.717, 1.165) is 29.5 Å². The quantitative estimate of drug-likeness (QED) is 0.0715. The highest BCUT2D eigenvalue weighted by Gasteiger charge is 2.51. The molecule has 9 atom stereocenters. The first kappa shape index (κ1) is 78.3. The Balaban J connectivity index is 1.14. The van der Waals surface area contributed by atoms with Crippen molar-refractivity contribution in [2.75, 3.05) is 61.4 Å². The van der Waals surface area contributed by atoms with Crippen LogP contribution in [0.3, 0.4) is 0 Å². The average Bonchev–Trinajstić information content (AvgIpc) is 1.77. The number of amides is 9. The number of carbonyl (C=O) groups is 12. The van der Waals surface area contributed by atoms with Gasteiger partial charge in [-0.15, -0.1) is 0 Å². The fraction of sp³-hybridized carbons (Fsp3) is 0.676. The van der Waals surface area contributed by atoms with Crippen molar-refractivity contribution in [1.82, 2.24) is 44.5 Å². The molecule has 23 nitrogen and oxygen atoms in total. The number of Topliss-reactive ketones (excluding diaryl/α,β-unsaturated/α-hetero) is 2. The van der Waals surface area contributed by atoms with Crippen molar-refractivity contribution in [3.05, 3.63) is 71.3 Å². The lowest BCUT2D eigenvalue weighted by Crippen LogP contribution is -2.65. The molecule has 23 heteroatoms. The van der Waals surface area contributed by atoms with Gasteiger partial charge in [-0.05, 0) is 129 Å². The summed E-state index contributed by atoms with van der Waals surface area (Å²) in [7, 11) is 7.47. The highest BCUT2D eigenvalue weighted by molar-refractivity contribution is 6.00. The molecule has 97 heavy (non-hydrogen) atoms. The Morgan fingerprint density at radius 2 is 1.29 bits per heavy atom. The molecule has 0 spiro atoms. The maximum Gasteiger partial charge on any atom is 0.410 e. The third-order valence-electron chi connectivity index (χ3n) is 20.6. The number of hydrogen-bond donors (Lipinski definition) is 1. The second-order valence-electron chi connectivity index (χ2n) is 29.2. The number of nitrogens with one attached hydrogen (secondary N) is 1. The molecule has 2 aromatic rings. The molecule has 536 valence electrons. The van der Waals surface area contributed by atoms with Crippen LogP contribution in [0, 0.1) is 30.6 Å².